The monoisotopic (exact) mass is 518 g/mol. The molecular formula is C24H38O12. The number of hydrogen-bond donors (Lipinski definition) is 0. The standard InChI is InChI=1S/C24H38O12/c1(15-3-27-15)25-13-21(33-9-17-5-29-17)23(35-11-19-7-31-19)24(36-12-20-8-32-20)22(34-10-18-6-30-18)14-26-2-16-4-28-16/h15-24H,1-14H2. The zero-order chi connectivity index (χ0) is 24.2. The Hall–Kier alpha value is -0.480. The number of ether oxygens (including phenoxy) is 12. The summed E-state index contributed by atoms with van der Waals surface area (Å²) in [5.41, 5.74) is 0. The molecule has 6 heterocycles. The first-order valence-electron chi connectivity index (χ1n) is 13.1. The normalized spacial score (nSPS) is 36.7. The molecule has 0 aromatic rings. The van der Waals surface area contributed by atoms with Crippen LogP contribution < -0.4 is 0 Å². The van der Waals surface area contributed by atoms with E-state index in [0.29, 0.717) is 79.3 Å². The van der Waals surface area contributed by atoms with Crippen molar-refractivity contribution in [2.75, 3.05) is 92.5 Å². The Kier molecular flexibility index (Phi) is 9.01. The van der Waals surface area contributed by atoms with Gasteiger partial charge in [0.05, 0.1) is 92.5 Å². The lowest BCUT2D eigenvalue weighted by Gasteiger charge is -2.37. The van der Waals surface area contributed by atoms with Gasteiger partial charge in [-0.2, -0.15) is 0 Å². The van der Waals surface area contributed by atoms with Gasteiger partial charge in [0.2, 0.25) is 0 Å². The minimum absolute atomic E-state index is 0.0793. The summed E-state index contributed by atoms with van der Waals surface area (Å²) in [6, 6.07) is 0. The molecule has 0 aliphatic carbocycles. The zero-order valence-corrected chi connectivity index (χ0v) is 20.6. The molecule has 36 heavy (non-hydrogen) atoms. The smallest absolute Gasteiger partial charge is 0.115 e. The summed E-state index contributed by atoms with van der Waals surface area (Å²) in [6.45, 7) is 7.74. The molecule has 12 heteroatoms. The molecule has 0 radical (unpaired) electrons. The minimum atomic E-state index is -0.488. The largest absolute Gasteiger partial charge is 0.376 e. The van der Waals surface area contributed by atoms with Crippen molar-refractivity contribution < 1.29 is 56.8 Å². The van der Waals surface area contributed by atoms with E-state index in [-0.39, 0.29) is 36.6 Å². The number of hydrogen-bond acceptors (Lipinski definition) is 12. The molecule has 0 aromatic carbocycles. The van der Waals surface area contributed by atoms with Crippen LogP contribution in [0.3, 0.4) is 0 Å². The molecule has 6 fully saturated rings. The van der Waals surface area contributed by atoms with Gasteiger partial charge in [0.25, 0.3) is 0 Å². The van der Waals surface area contributed by atoms with Crippen molar-refractivity contribution in [1.82, 2.24) is 0 Å². The SMILES string of the molecule is C(OCC(OCC1CO1)C(OCC1CO1)C(OCC1CO1)C(COCC1CO1)OCC1CO1)C1CO1. The van der Waals surface area contributed by atoms with Crippen LogP contribution in [0.4, 0.5) is 0 Å². The highest BCUT2D eigenvalue weighted by atomic mass is 16.7. The van der Waals surface area contributed by atoms with E-state index in [1.54, 1.807) is 0 Å². The van der Waals surface area contributed by atoms with E-state index in [1.165, 1.54) is 0 Å². The fourth-order valence-corrected chi connectivity index (χ4v) is 3.82. The van der Waals surface area contributed by atoms with Crippen molar-refractivity contribution in [3.05, 3.63) is 0 Å². The molecule has 0 saturated carbocycles. The molecule has 6 saturated heterocycles. The van der Waals surface area contributed by atoms with E-state index in [9.17, 15) is 0 Å². The molecule has 0 spiro atoms. The number of epoxide rings is 6. The lowest BCUT2D eigenvalue weighted by Crippen LogP contribution is -2.53. The van der Waals surface area contributed by atoms with E-state index in [1.807, 2.05) is 0 Å². The van der Waals surface area contributed by atoms with Crippen molar-refractivity contribution in [2.45, 2.75) is 61.0 Å². The second-order valence-electron chi connectivity index (χ2n) is 10.1. The summed E-state index contributed by atoms with van der Waals surface area (Å²) in [5, 5.41) is 0. The molecule has 6 aliphatic rings. The van der Waals surface area contributed by atoms with Crippen LogP contribution in [0, 0.1) is 0 Å². The van der Waals surface area contributed by atoms with E-state index in [2.05, 4.69) is 0 Å². The van der Waals surface area contributed by atoms with Gasteiger partial charge in [-0.25, -0.2) is 0 Å². The topological polar surface area (TPSA) is 131 Å². The summed E-state index contributed by atoms with van der Waals surface area (Å²) in [5.74, 6) is 0. The average Bonchev–Trinajstić information content (AvgIpc) is 3.67. The van der Waals surface area contributed by atoms with Crippen LogP contribution in [0.1, 0.15) is 0 Å². The lowest BCUT2D eigenvalue weighted by molar-refractivity contribution is -0.200. The van der Waals surface area contributed by atoms with Gasteiger partial charge in [-0.05, 0) is 0 Å². The van der Waals surface area contributed by atoms with E-state index in [4.69, 9.17) is 56.8 Å². The Labute approximate surface area is 210 Å². The van der Waals surface area contributed by atoms with Gasteiger partial charge in [0.1, 0.15) is 61.0 Å². The maximum Gasteiger partial charge on any atom is 0.115 e. The average molecular weight is 519 g/mol. The first-order chi connectivity index (χ1) is 17.8. The van der Waals surface area contributed by atoms with Gasteiger partial charge in [-0.1, -0.05) is 0 Å². The van der Waals surface area contributed by atoms with Crippen LogP contribution in [0.15, 0.2) is 0 Å². The fraction of sp³-hybridized carbons (Fsp3) is 1.00. The Balaban J connectivity index is 1.16. The van der Waals surface area contributed by atoms with Gasteiger partial charge < -0.3 is 56.8 Å². The predicted molar refractivity (Wildman–Crippen MR) is 119 cm³/mol. The Bertz CT molecular complexity index is 603. The molecule has 12 nitrogen and oxygen atoms in total. The molecule has 0 bridgehead atoms. The molecule has 206 valence electrons. The highest BCUT2D eigenvalue weighted by Crippen LogP contribution is 2.25. The summed E-state index contributed by atoms with van der Waals surface area (Å²) in [6.07, 6.45) is -1.12. The van der Waals surface area contributed by atoms with E-state index < -0.39 is 24.4 Å². The Morgan fingerprint density at radius 3 is 1.00 bits per heavy atom. The van der Waals surface area contributed by atoms with E-state index in [0.717, 1.165) is 13.2 Å². The second kappa shape index (κ2) is 12.6. The quantitative estimate of drug-likeness (QED) is 0.153. The maximum atomic E-state index is 6.45. The van der Waals surface area contributed by atoms with Crippen molar-refractivity contribution in [3.8, 4) is 0 Å². The third kappa shape index (κ3) is 9.37. The van der Waals surface area contributed by atoms with Crippen LogP contribution in [0.25, 0.3) is 0 Å². The molecule has 0 N–H and O–H groups in total. The van der Waals surface area contributed by atoms with Gasteiger partial charge in [0, 0.05) is 0 Å². The van der Waals surface area contributed by atoms with Gasteiger partial charge in [-0.15, -0.1) is 0 Å². The van der Waals surface area contributed by atoms with Gasteiger partial charge >= 0.3 is 0 Å². The van der Waals surface area contributed by atoms with Crippen LogP contribution in [-0.4, -0.2) is 154 Å². The molecule has 6 aliphatic heterocycles. The molecular weight excluding hydrogens is 480 g/mol. The first kappa shape index (κ1) is 25.8. The van der Waals surface area contributed by atoms with Gasteiger partial charge in [-0.3, -0.25) is 0 Å². The third-order valence-corrected chi connectivity index (χ3v) is 6.58. The summed E-state index contributed by atoms with van der Waals surface area (Å²) in [4.78, 5) is 0. The van der Waals surface area contributed by atoms with Crippen LogP contribution in [0.2, 0.25) is 0 Å². The number of rotatable bonds is 23. The Morgan fingerprint density at radius 2 is 0.694 bits per heavy atom. The van der Waals surface area contributed by atoms with Crippen molar-refractivity contribution in [2.24, 2.45) is 0 Å². The van der Waals surface area contributed by atoms with Crippen LogP contribution in [-0.2, 0) is 56.8 Å². The third-order valence-electron chi connectivity index (χ3n) is 6.58. The summed E-state index contributed by atoms with van der Waals surface area (Å²) in [7, 11) is 0. The lowest BCUT2D eigenvalue weighted by atomic mass is 10.0. The summed E-state index contributed by atoms with van der Waals surface area (Å²) >= 11 is 0. The van der Waals surface area contributed by atoms with E-state index >= 15 is 0 Å². The van der Waals surface area contributed by atoms with Crippen LogP contribution >= 0.6 is 0 Å². The molecule has 6 rings (SSSR count). The predicted octanol–water partition coefficient (Wildman–Crippen LogP) is -1.05. The highest BCUT2D eigenvalue weighted by Gasteiger charge is 2.43. The molecule has 10 unspecified atom stereocenters. The van der Waals surface area contributed by atoms with Crippen molar-refractivity contribution >= 4 is 0 Å². The second-order valence-corrected chi connectivity index (χ2v) is 10.1. The molecule has 0 aromatic heterocycles. The molecule has 0 amide bonds. The minimum Gasteiger partial charge on any atom is -0.376 e. The van der Waals surface area contributed by atoms with Crippen LogP contribution in [0.5, 0.6) is 0 Å². The van der Waals surface area contributed by atoms with Crippen molar-refractivity contribution in [3.63, 3.8) is 0 Å². The first-order valence-corrected chi connectivity index (χ1v) is 13.1. The molecule has 10 atom stereocenters. The maximum absolute atomic E-state index is 6.45. The zero-order valence-electron chi connectivity index (χ0n) is 20.6. The fourth-order valence-electron chi connectivity index (χ4n) is 3.82. The summed E-state index contributed by atoms with van der Waals surface area (Å²) < 4.78 is 69.7. The van der Waals surface area contributed by atoms with Gasteiger partial charge in [0.15, 0.2) is 0 Å². The Morgan fingerprint density at radius 1 is 0.417 bits per heavy atom. The van der Waals surface area contributed by atoms with Crippen molar-refractivity contribution in [1.29, 1.82) is 0 Å². The highest BCUT2D eigenvalue weighted by molar-refractivity contribution is 4.90.